The largest absolute Gasteiger partial charge is 0.373 e. The van der Waals surface area contributed by atoms with Crippen LogP contribution in [0.3, 0.4) is 0 Å². The quantitative estimate of drug-likeness (QED) is 0.631. The molecule has 0 saturated heterocycles. The van der Waals surface area contributed by atoms with Crippen LogP contribution in [0.15, 0.2) is 36.4 Å². The maximum Gasteiger partial charge on any atom is 0.373 e. The lowest BCUT2D eigenvalue weighted by molar-refractivity contribution is -0.270. The molecule has 118 valence electrons. The third-order valence-corrected chi connectivity index (χ3v) is 2.99. The summed E-state index contributed by atoms with van der Waals surface area (Å²) in [4.78, 5) is 23.4. The molecular weight excluding hydrogens is 316 g/mol. The van der Waals surface area contributed by atoms with Crippen LogP contribution in [0.2, 0.25) is 0 Å². The first-order chi connectivity index (χ1) is 10.1. The van der Waals surface area contributed by atoms with Gasteiger partial charge in [-0.15, -0.1) is 0 Å². The molecule has 1 aromatic carbocycles. The highest BCUT2D eigenvalue weighted by Gasteiger charge is 2.63. The molecule has 0 unspecified atom stereocenters. The molecule has 0 saturated carbocycles. The highest BCUT2D eigenvalue weighted by Crippen LogP contribution is 2.46. The second-order valence-electron chi connectivity index (χ2n) is 4.39. The number of rotatable bonds is 4. The van der Waals surface area contributed by atoms with Crippen molar-refractivity contribution in [3.05, 3.63) is 42.0 Å². The highest BCUT2D eigenvalue weighted by molar-refractivity contribution is 6.28. The summed E-state index contributed by atoms with van der Waals surface area (Å²) >= 11 is 0. The first kappa shape index (κ1) is 16.1. The molecule has 0 bridgehead atoms. The summed E-state index contributed by atoms with van der Waals surface area (Å²) in [7, 11) is 0. The van der Waals surface area contributed by atoms with Crippen molar-refractivity contribution in [2.45, 2.75) is 18.3 Å². The molecule has 3 nitrogen and oxygen atoms in total. The zero-order valence-corrected chi connectivity index (χ0v) is 10.6. The maximum atomic E-state index is 13.5. The zero-order chi connectivity index (χ0) is 16.7. The highest BCUT2D eigenvalue weighted by atomic mass is 19.3. The fourth-order valence-corrected chi connectivity index (χ4v) is 1.80. The smallest absolute Gasteiger partial charge is 0.269 e. The van der Waals surface area contributed by atoms with Gasteiger partial charge in [0.15, 0.2) is 0 Å². The lowest BCUT2D eigenvalue weighted by atomic mass is 10.0. The Morgan fingerprint density at radius 3 is 1.73 bits per heavy atom. The van der Waals surface area contributed by atoms with Crippen LogP contribution in [0.1, 0.15) is 5.56 Å². The summed E-state index contributed by atoms with van der Waals surface area (Å²) in [5.74, 6) is -12.1. The third kappa shape index (κ3) is 2.36. The van der Waals surface area contributed by atoms with Crippen LogP contribution in [0.5, 0.6) is 0 Å². The van der Waals surface area contributed by atoms with E-state index < -0.39 is 35.6 Å². The van der Waals surface area contributed by atoms with Gasteiger partial charge in [-0.3, -0.25) is 9.59 Å². The van der Waals surface area contributed by atoms with Crippen LogP contribution in [-0.2, 0) is 15.5 Å². The van der Waals surface area contributed by atoms with Gasteiger partial charge in [-0.1, -0.05) is 12.1 Å². The Hall–Kier alpha value is -2.32. The van der Waals surface area contributed by atoms with Crippen molar-refractivity contribution < 1.29 is 35.9 Å². The van der Waals surface area contributed by atoms with E-state index in [9.17, 15) is 35.9 Å². The normalized spacial score (nSPS) is 16.0. The summed E-state index contributed by atoms with van der Waals surface area (Å²) < 4.78 is 76.9. The minimum absolute atomic E-state index is 0.139. The Balaban J connectivity index is 2.33. The molecule has 1 heterocycles. The number of carbonyl (C=O) groups is 2. The predicted molar refractivity (Wildman–Crippen MR) is 62.9 cm³/mol. The molecule has 22 heavy (non-hydrogen) atoms. The Bertz CT molecular complexity index is 620. The topological polar surface area (TPSA) is 37.4 Å². The molecule has 2 amide bonds. The molecule has 0 aromatic heterocycles. The summed E-state index contributed by atoms with van der Waals surface area (Å²) in [5, 5.41) is 0. The Morgan fingerprint density at radius 2 is 1.32 bits per heavy atom. The number of carbonyl (C=O) groups excluding carboxylic acids is 2. The summed E-state index contributed by atoms with van der Waals surface area (Å²) in [6, 6.07) is 2.52. The average Bonchev–Trinajstić information content (AvgIpc) is 2.78. The van der Waals surface area contributed by atoms with E-state index in [1.165, 1.54) is 0 Å². The van der Waals surface area contributed by atoms with Crippen molar-refractivity contribution in [1.82, 2.24) is 0 Å². The Morgan fingerprint density at radius 1 is 0.864 bits per heavy atom. The van der Waals surface area contributed by atoms with Crippen LogP contribution in [-0.4, -0.2) is 24.2 Å². The van der Waals surface area contributed by atoms with Gasteiger partial charge in [-0.25, -0.2) is 13.7 Å². The molecule has 0 spiro atoms. The lowest BCUT2D eigenvalue weighted by Crippen LogP contribution is -2.44. The molecule has 1 aromatic rings. The minimum Gasteiger partial charge on any atom is -0.269 e. The molecule has 0 N–H and O–H groups in total. The molecule has 0 aliphatic carbocycles. The number of anilines is 1. The molecule has 2 rings (SSSR count). The van der Waals surface area contributed by atoms with Gasteiger partial charge in [0.2, 0.25) is 0 Å². The number of imide groups is 1. The number of hydrogen-bond donors (Lipinski definition) is 0. The van der Waals surface area contributed by atoms with Gasteiger partial charge < -0.3 is 0 Å². The van der Waals surface area contributed by atoms with Crippen LogP contribution in [0.4, 0.5) is 32.0 Å². The van der Waals surface area contributed by atoms with E-state index in [-0.39, 0.29) is 5.69 Å². The average molecular weight is 323 g/mol. The first-order valence-electron chi connectivity index (χ1n) is 5.79. The monoisotopic (exact) mass is 323 g/mol. The van der Waals surface area contributed by atoms with Crippen molar-refractivity contribution in [2.24, 2.45) is 0 Å². The van der Waals surface area contributed by atoms with E-state index in [0.717, 1.165) is 24.3 Å². The van der Waals surface area contributed by atoms with E-state index in [4.69, 9.17) is 0 Å². The number of alkyl halides is 6. The second-order valence-corrected chi connectivity index (χ2v) is 4.39. The number of benzene rings is 1. The van der Waals surface area contributed by atoms with Gasteiger partial charge >= 0.3 is 18.3 Å². The van der Waals surface area contributed by atoms with Crippen LogP contribution >= 0.6 is 0 Å². The number of hydrogen-bond acceptors (Lipinski definition) is 2. The summed E-state index contributed by atoms with van der Waals surface area (Å²) in [5.41, 5.74) is -1.49. The molecular formula is C13H7F6NO2. The lowest BCUT2D eigenvalue weighted by Gasteiger charge is -2.26. The molecule has 1 aliphatic heterocycles. The van der Waals surface area contributed by atoms with Crippen molar-refractivity contribution in [3.63, 3.8) is 0 Å². The van der Waals surface area contributed by atoms with Crippen LogP contribution in [0.25, 0.3) is 0 Å². The van der Waals surface area contributed by atoms with Gasteiger partial charge in [0, 0.05) is 17.7 Å². The Kier molecular flexibility index (Phi) is 3.76. The first-order valence-corrected chi connectivity index (χ1v) is 5.79. The predicted octanol–water partition coefficient (Wildman–Crippen LogP) is 3.11. The molecule has 0 fully saturated rings. The van der Waals surface area contributed by atoms with Gasteiger partial charge in [0.25, 0.3) is 11.8 Å². The van der Waals surface area contributed by atoms with Crippen molar-refractivity contribution >= 4 is 17.5 Å². The minimum atomic E-state index is -5.55. The van der Waals surface area contributed by atoms with Crippen LogP contribution < -0.4 is 4.90 Å². The number of amides is 2. The van der Waals surface area contributed by atoms with E-state index in [1.54, 1.807) is 0 Å². The molecule has 9 heteroatoms. The van der Waals surface area contributed by atoms with Gasteiger partial charge in [-0.2, -0.15) is 17.6 Å². The zero-order valence-electron chi connectivity index (χ0n) is 10.6. The van der Waals surface area contributed by atoms with Gasteiger partial charge in [0.1, 0.15) is 0 Å². The van der Waals surface area contributed by atoms with E-state index in [1.807, 2.05) is 0 Å². The standard InChI is InChI=1S/C13H7F6NO2/c14-11(15)13(18,19)12(16,17)7-1-3-8(4-2-7)20-9(21)5-6-10(20)22/h1-6,11H. The van der Waals surface area contributed by atoms with Crippen LogP contribution in [0, 0.1) is 0 Å². The van der Waals surface area contributed by atoms with E-state index >= 15 is 0 Å². The summed E-state index contributed by atoms with van der Waals surface area (Å²) in [6.45, 7) is 0. The second kappa shape index (κ2) is 5.15. The van der Waals surface area contributed by atoms with Gasteiger partial charge in [-0.05, 0) is 12.1 Å². The van der Waals surface area contributed by atoms with E-state index in [2.05, 4.69) is 0 Å². The fraction of sp³-hybridized carbons (Fsp3) is 0.231. The van der Waals surface area contributed by atoms with Crippen molar-refractivity contribution in [3.8, 4) is 0 Å². The maximum absolute atomic E-state index is 13.5. The number of nitrogens with zero attached hydrogens (tertiary/aromatic N) is 1. The SMILES string of the molecule is O=C1C=CC(=O)N1c1ccc(C(F)(F)C(F)(F)C(F)F)cc1. The van der Waals surface area contributed by atoms with Crippen molar-refractivity contribution in [1.29, 1.82) is 0 Å². The molecule has 0 radical (unpaired) electrons. The molecule has 0 atom stereocenters. The van der Waals surface area contributed by atoms with E-state index in [0.29, 0.717) is 17.0 Å². The van der Waals surface area contributed by atoms with Gasteiger partial charge in [0.05, 0.1) is 5.69 Å². The Labute approximate surface area is 119 Å². The fourth-order valence-electron chi connectivity index (χ4n) is 1.80. The van der Waals surface area contributed by atoms with Crippen molar-refractivity contribution in [2.75, 3.05) is 4.90 Å². The number of halogens is 6. The third-order valence-electron chi connectivity index (χ3n) is 2.99. The molecule has 1 aliphatic rings. The summed E-state index contributed by atoms with van der Waals surface area (Å²) in [6.07, 6.45) is -2.67.